The van der Waals surface area contributed by atoms with Crippen LogP contribution in [0.15, 0.2) is 33.6 Å². The number of pyridine rings is 1. The Balaban J connectivity index is 2.24. The van der Waals surface area contributed by atoms with Crippen molar-refractivity contribution in [2.24, 2.45) is 0 Å². The normalized spacial score (nSPS) is 10.5. The predicted octanol–water partition coefficient (Wildman–Crippen LogP) is 2.33. The Bertz CT molecular complexity index is 668. The number of hydrogen-bond acceptors (Lipinski definition) is 3. The number of carbonyl (C=O) groups is 1. The fraction of sp³-hybridized carbons (Fsp3) is 0.286. The number of rotatable bonds is 3. The second-order valence-electron chi connectivity index (χ2n) is 4.32. The maximum atomic E-state index is 12.1. The molecule has 2 aromatic heterocycles. The second-order valence-corrected chi connectivity index (χ2v) is 4.32. The van der Waals surface area contributed by atoms with Crippen molar-refractivity contribution >= 4 is 11.6 Å². The number of amides is 1. The number of carbonyl (C=O) groups excluding carboxylic acids is 1. The van der Waals surface area contributed by atoms with Crippen LogP contribution in [0.4, 0.5) is 5.69 Å². The highest BCUT2D eigenvalue weighted by Gasteiger charge is 2.13. The number of furan rings is 1. The van der Waals surface area contributed by atoms with E-state index in [1.807, 2.05) is 6.92 Å². The largest absolute Gasteiger partial charge is 0.466 e. The lowest BCUT2D eigenvalue weighted by atomic mass is 10.2. The van der Waals surface area contributed by atoms with Crippen molar-refractivity contribution in [1.82, 2.24) is 4.57 Å². The fourth-order valence-corrected chi connectivity index (χ4v) is 1.91. The van der Waals surface area contributed by atoms with Gasteiger partial charge >= 0.3 is 0 Å². The molecule has 0 saturated carbocycles. The molecule has 2 rings (SSSR count). The Morgan fingerprint density at radius 3 is 2.68 bits per heavy atom. The van der Waals surface area contributed by atoms with Gasteiger partial charge in [0, 0.05) is 18.8 Å². The average Bonchev–Trinajstić information content (AvgIpc) is 2.71. The molecule has 1 N–H and O–H groups in total. The molecule has 0 aliphatic rings. The van der Waals surface area contributed by atoms with E-state index in [1.54, 1.807) is 32.2 Å². The lowest BCUT2D eigenvalue weighted by molar-refractivity contribution is 0.102. The Morgan fingerprint density at radius 1 is 1.37 bits per heavy atom. The Hall–Kier alpha value is -2.30. The van der Waals surface area contributed by atoms with Gasteiger partial charge in [0.05, 0.1) is 11.3 Å². The first-order chi connectivity index (χ1) is 9.01. The van der Waals surface area contributed by atoms with Crippen LogP contribution in [0.3, 0.4) is 0 Å². The molecule has 0 aliphatic heterocycles. The van der Waals surface area contributed by atoms with E-state index in [-0.39, 0.29) is 11.5 Å². The van der Waals surface area contributed by atoms with Crippen LogP contribution in [0, 0.1) is 13.8 Å². The summed E-state index contributed by atoms with van der Waals surface area (Å²) in [7, 11) is 0. The van der Waals surface area contributed by atoms with Gasteiger partial charge in [0.25, 0.3) is 11.5 Å². The molecule has 5 nitrogen and oxygen atoms in total. The van der Waals surface area contributed by atoms with E-state index < -0.39 is 0 Å². The summed E-state index contributed by atoms with van der Waals surface area (Å²) < 4.78 is 6.85. The third kappa shape index (κ3) is 2.76. The molecule has 0 spiro atoms. The zero-order valence-corrected chi connectivity index (χ0v) is 11.2. The van der Waals surface area contributed by atoms with Crippen LogP contribution in [0.25, 0.3) is 0 Å². The monoisotopic (exact) mass is 260 g/mol. The topological polar surface area (TPSA) is 64.2 Å². The molecule has 0 saturated heterocycles. The van der Waals surface area contributed by atoms with Crippen LogP contribution < -0.4 is 10.9 Å². The maximum Gasteiger partial charge on any atom is 0.259 e. The summed E-state index contributed by atoms with van der Waals surface area (Å²) in [5.74, 6) is 1.04. The minimum atomic E-state index is -0.240. The first-order valence-electron chi connectivity index (χ1n) is 6.10. The second kappa shape index (κ2) is 5.14. The molecule has 2 heterocycles. The summed E-state index contributed by atoms with van der Waals surface area (Å²) in [6, 6.07) is 4.72. The molecule has 0 radical (unpaired) electrons. The van der Waals surface area contributed by atoms with Gasteiger partial charge in [-0.25, -0.2) is 0 Å². The van der Waals surface area contributed by atoms with E-state index >= 15 is 0 Å². The lowest BCUT2D eigenvalue weighted by Gasteiger charge is -2.07. The van der Waals surface area contributed by atoms with Crippen molar-refractivity contribution in [3.8, 4) is 0 Å². The van der Waals surface area contributed by atoms with Crippen molar-refractivity contribution in [3.63, 3.8) is 0 Å². The lowest BCUT2D eigenvalue weighted by Crippen LogP contribution is -2.19. The third-order valence-electron chi connectivity index (χ3n) is 2.87. The van der Waals surface area contributed by atoms with E-state index in [9.17, 15) is 9.59 Å². The molecule has 1 amide bonds. The number of nitrogens with zero attached hydrogens (tertiary/aromatic N) is 1. The van der Waals surface area contributed by atoms with Gasteiger partial charge < -0.3 is 14.3 Å². The molecule has 0 bridgehead atoms. The van der Waals surface area contributed by atoms with E-state index in [0.717, 1.165) is 0 Å². The van der Waals surface area contributed by atoms with Gasteiger partial charge in [-0.3, -0.25) is 9.59 Å². The summed E-state index contributed by atoms with van der Waals surface area (Å²) in [5.41, 5.74) is 1.01. The molecular weight excluding hydrogens is 244 g/mol. The van der Waals surface area contributed by atoms with Crippen molar-refractivity contribution in [2.75, 3.05) is 5.32 Å². The highest BCUT2D eigenvalue weighted by atomic mass is 16.3. The van der Waals surface area contributed by atoms with Crippen molar-refractivity contribution in [2.45, 2.75) is 27.3 Å². The molecule has 0 aliphatic carbocycles. The molecule has 19 heavy (non-hydrogen) atoms. The SMILES string of the molecule is CCn1cc(NC(=O)c2cc(C)oc2C)ccc1=O. The Kier molecular flexibility index (Phi) is 3.55. The summed E-state index contributed by atoms with van der Waals surface area (Å²) >= 11 is 0. The third-order valence-corrected chi connectivity index (χ3v) is 2.87. The maximum absolute atomic E-state index is 12.1. The molecule has 5 heteroatoms. The molecule has 0 fully saturated rings. The summed E-state index contributed by atoms with van der Waals surface area (Å²) in [6.07, 6.45) is 1.63. The van der Waals surface area contributed by atoms with Crippen molar-refractivity contribution < 1.29 is 9.21 Å². The number of hydrogen-bond donors (Lipinski definition) is 1. The van der Waals surface area contributed by atoms with Gasteiger partial charge in [-0.05, 0) is 32.9 Å². The molecule has 100 valence electrons. The van der Waals surface area contributed by atoms with Gasteiger partial charge in [0.15, 0.2) is 0 Å². The van der Waals surface area contributed by atoms with Crippen LogP contribution >= 0.6 is 0 Å². The van der Waals surface area contributed by atoms with Gasteiger partial charge in [0.2, 0.25) is 0 Å². The van der Waals surface area contributed by atoms with Gasteiger partial charge in [-0.15, -0.1) is 0 Å². The number of nitrogens with one attached hydrogen (secondary N) is 1. The fourth-order valence-electron chi connectivity index (χ4n) is 1.91. The standard InChI is InChI=1S/C14H16N2O3/c1-4-16-8-11(5-6-13(16)17)15-14(18)12-7-9(2)19-10(12)3/h5-8H,4H2,1-3H3,(H,15,18). The van der Waals surface area contributed by atoms with Crippen LogP contribution in [0.5, 0.6) is 0 Å². The predicted molar refractivity (Wildman–Crippen MR) is 72.5 cm³/mol. The number of anilines is 1. The van der Waals surface area contributed by atoms with Crippen LogP contribution in [0.1, 0.15) is 28.8 Å². The smallest absolute Gasteiger partial charge is 0.259 e. The van der Waals surface area contributed by atoms with Gasteiger partial charge in [0.1, 0.15) is 11.5 Å². The molecule has 0 atom stereocenters. The van der Waals surface area contributed by atoms with Crippen LogP contribution in [-0.2, 0) is 6.54 Å². The Morgan fingerprint density at radius 2 is 2.11 bits per heavy atom. The first-order valence-corrected chi connectivity index (χ1v) is 6.10. The molecular formula is C14H16N2O3. The molecule has 0 aromatic carbocycles. The van der Waals surface area contributed by atoms with Gasteiger partial charge in [-0.1, -0.05) is 0 Å². The summed E-state index contributed by atoms with van der Waals surface area (Å²) in [5, 5.41) is 2.76. The molecule has 0 unspecified atom stereocenters. The van der Waals surface area contributed by atoms with E-state index in [2.05, 4.69) is 5.32 Å². The quantitative estimate of drug-likeness (QED) is 0.921. The zero-order valence-electron chi connectivity index (χ0n) is 11.2. The zero-order chi connectivity index (χ0) is 14.0. The minimum Gasteiger partial charge on any atom is -0.466 e. The minimum absolute atomic E-state index is 0.0872. The van der Waals surface area contributed by atoms with Gasteiger partial charge in [-0.2, -0.15) is 0 Å². The van der Waals surface area contributed by atoms with Crippen molar-refractivity contribution in [3.05, 3.63) is 51.8 Å². The van der Waals surface area contributed by atoms with Crippen LogP contribution in [-0.4, -0.2) is 10.5 Å². The Labute approximate surface area is 110 Å². The van der Waals surface area contributed by atoms with E-state index in [1.165, 1.54) is 10.6 Å². The molecule has 2 aromatic rings. The summed E-state index contributed by atoms with van der Waals surface area (Å²) in [4.78, 5) is 23.5. The average molecular weight is 260 g/mol. The van der Waals surface area contributed by atoms with E-state index in [4.69, 9.17) is 4.42 Å². The highest BCUT2D eigenvalue weighted by Crippen LogP contribution is 2.15. The summed E-state index contributed by atoms with van der Waals surface area (Å²) in [6.45, 7) is 5.97. The number of aromatic nitrogens is 1. The van der Waals surface area contributed by atoms with E-state index in [0.29, 0.717) is 29.3 Å². The highest BCUT2D eigenvalue weighted by molar-refractivity contribution is 6.04. The number of aryl methyl sites for hydroxylation is 3. The van der Waals surface area contributed by atoms with Crippen molar-refractivity contribution in [1.29, 1.82) is 0 Å². The van der Waals surface area contributed by atoms with Crippen LogP contribution in [0.2, 0.25) is 0 Å². The first kappa shape index (κ1) is 13.1.